The molecule has 0 saturated heterocycles. The van der Waals surface area contributed by atoms with Gasteiger partial charge in [-0.3, -0.25) is 9.59 Å². The molecule has 3 nitrogen and oxygen atoms in total. The van der Waals surface area contributed by atoms with E-state index < -0.39 is 11.9 Å². The minimum Gasteiger partial charge on any atom is -0.468 e. The maximum absolute atomic E-state index is 12.3. The molecule has 0 saturated carbocycles. The second-order valence-electron chi connectivity index (χ2n) is 8.65. The summed E-state index contributed by atoms with van der Waals surface area (Å²) in [5.74, 6) is -1.22. The van der Waals surface area contributed by atoms with Gasteiger partial charge in [0.15, 0.2) is 0 Å². The van der Waals surface area contributed by atoms with Gasteiger partial charge < -0.3 is 4.74 Å². The number of carbonyl (C=O) groups excluding carboxylic acids is 2. The average molecular weight is 429 g/mol. The maximum Gasteiger partial charge on any atom is 0.316 e. The van der Waals surface area contributed by atoms with Crippen LogP contribution in [0.1, 0.15) is 92.4 Å². The van der Waals surface area contributed by atoms with E-state index in [1.165, 1.54) is 29.4 Å². The van der Waals surface area contributed by atoms with Crippen molar-refractivity contribution in [2.75, 3.05) is 7.11 Å². The van der Waals surface area contributed by atoms with E-state index in [4.69, 9.17) is 4.74 Å². The molecule has 0 aliphatic carbocycles. The predicted octanol–water partition coefficient (Wildman–Crippen LogP) is 7.85. The van der Waals surface area contributed by atoms with Crippen molar-refractivity contribution >= 4 is 11.8 Å². The molecule has 0 bridgehead atoms. The van der Waals surface area contributed by atoms with E-state index in [1.807, 2.05) is 6.08 Å². The second kappa shape index (κ2) is 17.5. The molecular weight excluding hydrogens is 384 g/mol. The highest BCUT2D eigenvalue weighted by Gasteiger charge is 2.25. The van der Waals surface area contributed by atoms with E-state index >= 15 is 0 Å². The first kappa shape index (κ1) is 28.8. The zero-order chi connectivity index (χ0) is 23.6. The second-order valence-corrected chi connectivity index (χ2v) is 8.65. The third-order valence-corrected chi connectivity index (χ3v) is 5.33. The van der Waals surface area contributed by atoms with Crippen LogP contribution < -0.4 is 0 Å². The number of ketones is 1. The molecule has 3 heteroatoms. The summed E-state index contributed by atoms with van der Waals surface area (Å²) in [5.41, 5.74) is 5.46. The van der Waals surface area contributed by atoms with Crippen LogP contribution in [0.25, 0.3) is 0 Å². The summed E-state index contributed by atoms with van der Waals surface area (Å²) in [4.78, 5) is 24.2. The molecule has 0 rings (SSSR count). The lowest BCUT2D eigenvalue weighted by Gasteiger charge is -2.11. The number of ether oxygens (including phenoxy) is 1. The Morgan fingerprint density at radius 1 is 0.742 bits per heavy atom. The number of carbonyl (C=O) groups is 2. The first-order valence-corrected chi connectivity index (χ1v) is 11.5. The van der Waals surface area contributed by atoms with Gasteiger partial charge in [0.1, 0.15) is 11.7 Å². The van der Waals surface area contributed by atoms with Gasteiger partial charge in [-0.15, -0.1) is 6.58 Å². The molecule has 0 spiro atoms. The Kier molecular flexibility index (Phi) is 16.3. The van der Waals surface area contributed by atoms with Crippen LogP contribution in [0.4, 0.5) is 0 Å². The highest BCUT2D eigenvalue weighted by atomic mass is 16.5. The van der Waals surface area contributed by atoms with Gasteiger partial charge in [-0.25, -0.2) is 0 Å². The summed E-state index contributed by atoms with van der Waals surface area (Å²) in [5, 5.41) is 0. The molecule has 31 heavy (non-hydrogen) atoms. The van der Waals surface area contributed by atoms with Gasteiger partial charge in [0, 0.05) is 6.42 Å². The molecule has 0 heterocycles. The molecule has 0 aliphatic rings. The fourth-order valence-corrected chi connectivity index (χ4v) is 3.23. The Balaban J connectivity index is 4.47. The Labute approximate surface area is 191 Å². The Bertz CT molecular complexity index is 685. The highest BCUT2D eigenvalue weighted by molar-refractivity contribution is 5.99. The van der Waals surface area contributed by atoms with Gasteiger partial charge in [0.25, 0.3) is 0 Å². The molecule has 1 unspecified atom stereocenters. The Morgan fingerprint density at radius 2 is 1.23 bits per heavy atom. The number of esters is 1. The number of methoxy groups -OCH3 is 1. The van der Waals surface area contributed by atoms with Crippen molar-refractivity contribution in [1.29, 1.82) is 0 Å². The van der Waals surface area contributed by atoms with Crippen LogP contribution in [0, 0.1) is 5.92 Å². The molecule has 0 fully saturated rings. The van der Waals surface area contributed by atoms with E-state index in [0.717, 1.165) is 38.5 Å². The highest BCUT2D eigenvalue weighted by Crippen LogP contribution is 2.17. The largest absolute Gasteiger partial charge is 0.468 e. The van der Waals surface area contributed by atoms with Crippen LogP contribution in [0.15, 0.2) is 59.3 Å². The lowest BCUT2D eigenvalue weighted by Crippen LogP contribution is -2.24. The molecule has 1 atom stereocenters. The first-order valence-electron chi connectivity index (χ1n) is 11.5. The van der Waals surface area contributed by atoms with Crippen molar-refractivity contribution in [2.24, 2.45) is 5.92 Å². The topological polar surface area (TPSA) is 43.4 Å². The van der Waals surface area contributed by atoms with Crippen LogP contribution in [0.2, 0.25) is 0 Å². The smallest absolute Gasteiger partial charge is 0.316 e. The van der Waals surface area contributed by atoms with Crippen molar-refractivity contribution in [1.82, 2.24) is 0 Å². The lowest BCUT2D eigenvalue weighted by molar-refractivity contribution is -0.149. The number of hydrogen-bond donors (Lipinski definition) is 0. The molecule has 174 valence electrons. The van der Waals surface area contributed by atoms with Gasteiger partial charge in [-0.2, -0.15) is 0 Å². The molecule has 0 aromatic carbocycles. The third-order valence-electron chi connectivity index (χ3n) is 5.33. The fourth-order valence-electron chi connectivity index (χ4n) is 3.23. The standard InChI is InChI=1S/C28H44O3/c1-8-9-19-27(29)26(28(30)31-7)21-20-25(6)18-12-17-24(5)16-11-15-23(4)14-10-13-22(2)3/h8,13,15,17,20,26H,1,9-12,14,16,18-19,21H2,2-7H3. The Morgan fingerprint density at radius 3 is 1.68 bits per heavy atom. The molecule has 0 N–H and O–H groups in total. The number of hydrogen-bond acceptors (Lipinski definition) is 3. The van der Waals surface area contributed by atoms with E-state index in [0.29, 0.717) is 19.3 Å². The Hall–Kier alpha value is -2.16. The zero-order valence-corrected chi connectivity index (χ0v) is 20.8. The summed E-state index contributed by atoms with van der Waals surface area (Å²) in [6.45, 7) is 14.4. The summed E-state index contributed by atoms with van der Waals surface area (Å²) in [6.07, 6.45) is 18.3. The maximum atomic E-state index is 12.3. The first-order chi connectivity index (χ1) is 14.7. The molecule has 0 radical (unpaired) electrons. The minimum atomic E-state index is -0.705. The predicted molar refractivity (Wildman–Crippen MR) is 133 cm³/mol. The van der Waals surface area contributed by atoms with Gasteiger partial charge in [-0.05, 0) is 86.0 Å². The number of Topliss-reactive ketones (excluding diaryl/α,β-unsaturated/α-hetero) is 1. The monoisotopic (exact) mass is 428 g/mol. The summed E-state index contributed by atoms with van der Waals surface area (Å²) in [7, 11) is 1.33. The van der Waals surface area contributed by atoms with Crippen LogP contribution in [-0.4, -0.2) is 18.9 Å². The molecule has 0 aromatic heterocycles. The van der Waals surface area contributed by atoms with Crippen molar-refractivity contribution < 1.29 is 14.3 Å². The third kappa shape index (κ3) is 15.3. The van der Waals surface area contributed by atoms with Gasteiger partial charge in [0.05, 0.1) is 7.11 Å². The summed E-state index contributed by atoms with van der Waals surface area (Å²) < 4.78 is 4.81. The molecule has 0 amide bonds. The van der Waals surface area contributed by atoms with Crippen LogP contribution in [0.5, 0.6) is 0 Å². The quantitative estimate of drug-likeness (QED) is 0.143. The lowest BCUT2D eigenvalue weighted by atomic mass is 9.95. The van der Waals surface area contributed by atoms with E-state index in [2.05, 4.69) is 59.4 Å². The normalized spacial score (nSPS) is 13.5. The summed E-state index contributed by atoms with van der Waals surface area (Å²) >= 11 is 0. The van der Waals surface area contributed by atoms with Crippen molar-refractivity contribution in [3.63, 3.8) is 0 Å². The average Bonchev–Trinajstić information content (AvgIpc) is 2.71. The molecule has 0 aromatic rings. The number of rotatable bonds is 16. The van der Waals surface area contributed by atoms with E-state index in [-0.39, 0.29) is 5.78 Å². The van der Waals surface area contributed by atoms with Crippen LogP contribution >= 0.6 is 0 Å². The van der Waals surface area contributed by atoms with Gasteiger partial charge in [-0.1, -0.05) is 52.7 Å². The van der Waals surface area contributed by atoms with E-state index in [1.54, 1.807) is 6.08 Å². The number of allylic oxidation sites excluding steroid dienone is 9. The SMILES string of the molecule is C=CCCC(=O)C(CC=C(C)CCC=C(C)CCC=C(C)CCC=C(C)C)C(=O)OC. The van der Waals surface area contributed by atoms with E-state index in [9.17, 15) is 9.59 Å². The van der Waals surface area contributed by atoms with Gasteiger partial charge in [0.2, 0.25) is 0 Å². The van der Waals surface area contributed by atoms with Crippen molar-refractivity contribution in [3.8, 4) is 0 Å². The molecular formula is C28H44O3. The van der Waals surface area contributed by atoms with Crippen molar-refractivity contribution in [2.45, 2.75) is 92.4 Å². The van der Waals surface area contributed by atoms with Crippen LogP contribution in [0.3, 0.4) is 0 Å². The summed E-state index contributed by atoms with van der Waals surface area (Å²) in [6, 6.07) is 0. The molecule has 0 aliphatic heterocycles. The van der Waals surface area contributed by atoms with Crippen molar-refractivity contribution in [3.05, 3.63) is 59.3 Å². The zero-order valence-electron chi connectivity index (χ0n) is 20.8. The minimum absolute atomic E-state index is 0.0734. The van der Waals surface area contributed by atoms with Gasteiger partial charge >= 0.3 is 5.97 Å². The fraction of sp³-hybridized carbons (Fsp3) is 0.571. The van der Waals surface area contributed by atoms with Crippen LogP contribution in [-0.2, 0) is 14.3 Å².